The number of nitrogens with zero attached hydrogens (tertiary/aromatic N) is 1. The molecule has 0 spiro atoms. The van der Waals surface area contributed by atoms with Crippen LogP contribution in [-0.4, -0.2) is 9.55 Å². The molecule has 0 aliphatic rings. The van der Waals surface area contributed by atoms with Crippen molar-refractivity contribution in [1.82, 2.24) is 9.55 Å². The second-order valence-corrected chi connectivity index (χ2v) is 2.57. The van der Waals surface area contributed by atoms with Gasteiger partial charge in [0, 0.05) is 19.7 Å². The van der Waals surface area contributed by atoms with Gasteiger partial charge in [-0.2, -0.15) is 0 Å². The van der Waals surface area contributed by atoms with Crippen LogP contribution in [0, 0.1) is 11.8 Å². The van der Waals surface area contributed by atoms with E-state index >= 15 is 0 Å². The summed E-state index contributed by atoms with van der Waals surface area (Å²) in [7, 11) is 1.56. The van der Waals surface area contributed by atoms with Crippen molar-refractivity contribution in [3.63, 3.8) is 0 Å². The standard InChI is InChI=1S/C9H10N2O2/c1-3-4-5-7-6-11(2)9(13)10-8(7)12/h6H,3H2,1-2H3,(H,10,12,13). The number of hydrogen-bond donors (Lipinski definition) is 1. The van der Waals surface area contributed by atoms with Crippen molar-refractivity contribution in [3.8, 4) is 11.8 Å². The van der Waals surface area contributed by atoms with Crippen LogP contribution in [0.2, 0.25) is 0 Å². The number of nitrogens with one attached hydrogen (secondary N) is 1. The van der Waals surface area contributed by atoms with E-state index in [0.29, 0.717) is 12.0 Å². The van der Waals surface area contributed by atoms with Gasteiger partial charge in [-0.1, -0.05) is 18.8 Å². The Bertz CT molecular complexity index is 471. The quantitative estimate of drug-likeness (QED) is 0.561. The maximum Gasteiger partial charge on any atom is 0.328 e. The van der Waals surface area contributed by atoms with Gasteiger partial charge < -0.3 is 4.57 Å². The van der Waals surface area contributed by atoms with E-state index in [1.165, 1.54) is 10.8 Å². The lowest BCUT2D eigenvalue weighted by atomic mass is 10.3. The number of hydrogen-bond acceptors (Lipinski definition) is 2. The van der Waals surface area contributed by atoms with Gasteiger partial charge in [0.15, 0.2) is 0 Å². The monoisotopic (exact) mass is 178 g/mol. The summed E-state index contributed by atoms with van der Waals surface area (Å²) in [5, 5.41) is 0. The predicted octanol–water partition coefficient (Wildman–Crippen LogP) is -0.165. The maximum atomic E-state index is 11.1. The zero-order valence-electron chi connectivity index (χ0n) is 7.55. The van der Waals surface area contributed by atoms with Crippen molar-refractivity contribution in [2.24, 2.45) is 7.05 Å². The average molecular weight is 178 g/mol. The minimum atomic E-state index is -0.427. The summed E-state index contributed by atoms with van der Waals surface area (Å²) in [5.74, 6) is 5.44. The van der Waals surface area contributed by atoms with Gasteiger partial charge in [-0.05, 0) is 0 Å². The number of aryl methyl sites for hydroxylation is 1. The number of H-pyrrole nitrogens is 1. The lowest BCUT2D eigenvalue weighted by Gasteiger charge is -1.94. The molecule has 1 aromatic heterocycles. The Morgan fingerprint density at radius 2 is 2.23 bits per heavy atom. The van der Waals surface area contributed by atoms with Crippen LogP contribution in [0.5, 0.6) is 0 Å². The molecule has 1 rings (SSSR count). The molecule has 68 valence electrons. The summed E-state index contributed by atoms with van der Waals surface area (Å²) >= 11 is 0. The lowest BCUT2D eigenvalue weighted by Crippen LogP contribution is -2.29. The molecule has 0 saturated heterocycles. The van der Waals surface area contributed by atoms with Crippen LogP contribution in [0.4, 0.5) is 0 Å². The molecule has 4 nitrogen and oxygen atoms in total. The predicted molar refractivity (Wildman–Crippen MR) is 49.5 cm³/mol. The van der Waals surface area contributed by atoms with Crippen molar-refractivity contribution in [1.29, 1.82) is 0 Å². The third kappa shape index (κ3) is 2.09. The number of aromatic nitrogens is 2. The lowest BCUT2D eigenvalue weighted by molar-refractivity contribution is 0.795. The van der Waals surface area contributed by atoms with Crippen molar-refractivity contribution < 1.29 is 0 Å². The van der Waals surface area contributed by atoms with Crippen LogP contribution in [0.3, 0.4) is 0 Å². The third-order valence-corrected chi connectivity index (χ3v) is 1.51. The first-order chi connectivity index (χ1) is 6.15. The average Bonchev–Trinajstić information content (AvgIpc) is 2.09. The SMILES string of the molecule is CCC#Cc1cn(C)c(=O)[nH]c1=O. The number of rotatable bonds is 0. The van der Waals surface area contributed by atoms with E-state index in [4.69, 9.17) is 0 Å². The molecule has 0 aliphatic heterocycles. The second-order valence-electron chi connectivity index (χ2n) is 2.57. The smallest absolute Gasteiger partial charge is 0.302 e. The summed E-state index contributed by atoms with van der Waals surface area (Å²) in [4.78, 5) is 24.2. The minimum Gasteiger partial charge on any atom is -0.302 e. The molecule has 0 aromatic carbocycles. The summed E-state index contributed by atoms with van der Waals surface area (Å²) < 4.78 is 1.29. The molecule has 0 atom stereocenters. The highest BCUT2D eigenvalue weighted by molar-refractivity contribution is 5.29. The van der Waals surface area contributed by atoms with E-state index < -0.39 is 11.2 Å². The van der Waals surface area contributed by atoms with E-state index in [-0.39, 0.29) is 0 Å². The zero-order valence-corrected chi connectivity index (χ0v) is 7.55. The van der Waals surface area contributed by atoms with Crippen molar-refractivity contribution in [2.45, 2.75) is 13.3 Å². The van der Waals surface area contributed by atoms with Crippen molar-refractivity contribution >= 4 is 0 Å². The van der Waals surface area contributed by atoms with E-state index in [0.717, 1.165) is 0 Å². The molecular formula is C9H10N2O2. The molecular weight excluding hydrogens is 168 g/mol. The highest BCUT2D eigenvalue weighted by atomic mass is 16.2. The van der Waals surface area contributed by atoms with E-state index in [9.17, 15) is 9.59 Å². The van der Waals surface area contributed by atoms with Gasteiger partial charge in [0.05, 0.1) is 0 Å². The highest BCUT2D eigenvalue weighted by Gasteiger charge is 1.97. The second kappa shape index (κ2) is 3.76. The van der Waals surface area contributed by atoms with Gasteiger partial charge in [-0.15, -0.1) is 0 Å². The Balaban J connectivity index is 3.32. The molecule has 0 saturated carbocycles. The van der Waals surface area contributed by atoms with Crippen molar-refractivity contribution in [3.05, 3.63) is 32.6 Å². The normalized spacial score (nSPS) is 9.08. The Morgan fingerprint density at radius 3 is 2.85 bits per heavy atom. The fourth-order valence-electron chi connectivity index (χ4n) is 0.836. The van der Waals surface area contributed by atoms with E-state index in [1.54, 1.807) is 7.05 Å². The van der Waals surface area contributed by atoms with Gasteiger partial charge in [-0.3, -0.25) is 9.78 Å². The molecule has 0 aliphatic carbocycles. The summed E-state index contributed by atoms with van der Waals surface area (Å²) in [5.41, 5.74) is -0.528. The molecule has 1 aromatic rings. The summed E-state index contributed by atoms with van der Waals surface area (Å²) in [6.07, 6.45) is 2.12. The molecule has 4 heteroatoms. The molecule has 0 amide bonds. The molecule has 13 heavy (non-hydrogen) atoms. The molecule has 0 fully saturated rings. The third-order valence-electron chi connectivity index (χ3n) is 1.51. The van der Waals surface area contributed by atoms with Gasteiger partial charge in [0.2, 0.25) is 0 Å². The molecule has 0 radical (unpaired) electrons. The first kappa shape index (κ1) is 9.33. The first-order valence-corrected chi connectivity index (χ1v) is 3.94. The molecule has 1 heterocycles. The van der Waals surface area contributed by atoms with Gasteiger partial charge in [0.25, 0.3) is 5.56 Å². The minimum absolute atomic E-state index is 0.323. The highest BCUT2D eigenvalue weighted by Crippen LogP contribution is 1.82. The molecule has 1 N–H and O–H groups in total. The molecule has 0 bridgehead atoms. The van der Waals surface area contributed by atoms with Crippen LogP contribution in [-0.2, 0) is 7.05 Å². The van der Waals surface area contributed by atoms with Gasteiger partial charge >= 0.3 is 5.69 Å². The first-order valence-electron chi connectivity index (χ1n) is 3.94. The number of aromatic amines is 1. The largest absolute Gasteiger partial charge is 0.328 e. The van der Waals surface area contributed by atoms with Crippen LogP contribution in [0.15, 0.2) is 15.8 Å². The van der Waals surface area contributed by atoms with Gasteiger partial charge in [0.1, 0.15) is 5.56 Å². The Kier molecular flexibility index (Phi) is 2.70. The zero-order chi connectivity index (χ0) is 9.84. The summed E-state index contributed by atoms with van der Waals surface area (Å²) in [6.45, 7) is 1.89. The Morgan fingerprint density at radius 1 is 1.54 bits per heavy atom. The van der Waals surface area contributed by atoms with Crippen LogP contribution < -0.4 is 11.2 Å². The van der Waals surface area contributed by atoms with Crippen LogP contribution in [0.25, 0.3) is 0 Å². The molecule has 0 unspecified atom stereocenters. The fourth-order valence-corrected chi connectivity index (χ4v) is 0.836. The Hall–Kier alpha value is -1.76. The van der Waals surface area contributed by atoms with E-state index in [1.807, 2.05) is 6.92 Å². The van der Waals surface area contributed by atoms with Crippen molar-refractivity contribution in [2.75, 3.05) is 0 Å². The van der Waals surface area contributed by atoms with Gasteiger partial charge in [-0.25, -0.2) is 4.79 Å². The fraction of sp³-hybridized carbons (Fsp3) is 0.333. The maximum absolute atomic E-state index is 11.1. The van der Waals surface area contributed by atoms with E-state index in [2.05, 4.69) is 16.8 Å². The van der Waals surface area contributed by atoms with Crippen LogP contribution >= 0.6 is 0 Å². The summed E-state index contributed by atoms with van der Waals surface area (Å²) in [6, 6.07) is 0. The topological polar surface area (TPSA) is 54.9 Å². The Labute approximate surface area is 75.2 Å². The van der Waals surface area contributed by atoms with Crippen LogP contribution in [0.1, 0.15) is 18.9 Å².